The van der Waals surface area contributed by atoms with Gasteiger partial charge in [0.25, 0.3) is 0 Å². The molecule has 0 fully saturated rings. The van der Waals surface area contributed by atoms with E-state index in [4.69, 9.17) is 4.74 Å². The molecular weight excluding hydrogens is 238 g/mol. The molecule has 2 rings (SSSR count). The van der Waals surface area contributed by atoms with Gasteiger partial charge in [-0.25, -0.2) is 0 Å². The summed E-state index contributed by atoms with van der Waals surface area (Å²) in [5.41, 5.74) is 2.22. The quantitative estimate of drug-likeness (QED) is 0.865. The SMILES string of the molecule is CCC(C)Oc1cccc(NCc2cnn(C)c2)c1. The van der Waals surface area contributed by atoms with E-state index < -0.39 is 0 Å². The Kier molecular flexibility index (Phi) is 4.44. The highest BCUT2D eigenvalue weighted by Gasteiger charge is 2.02. The number of hydrogen-bond donors (Lipinski definition) is 1. The van der Waals surface area contributed by atoms with E-state index in [-0.39, 0.29) is 6.10 Å². The van der Waals surface area contributed by atoms with Crippen LogP contribution in [0.1, 0.15) is 25.8 Å². The minimum atomic E-state index is 0.244. The van der Waals surface area contributed by atoms with Gasteiger partial charge in [0.15, 0.2) is 0 Å². The minimum absolute atomic E-state index is 0.244. The molecule has 1 atom stereocenters. The van der Waals surface area contributed by atoms with Crippen LogP contribution in [0.3, 0.4) is 0 Å². The molecule has 1 N–H and O–H groups in total. The second kappa shape index (κ2) is 6.27. The van der Waals surface area contributed by atoms with E-state index >= 15 is 0 Å². The van der Waals surface area contributed by atoms with Crippen molar-refractivity contribution >= 4 is 5.69 Å². The van der Waals surface area contributed by atoms with Crippen LogP contribution in [0.2, 0.25) is 0 Å². The van der Waals surface area contributed by atoms with E-state index in [1.165, 1.54) is 0 Å². The maximum absolute atomic E-state index is 5.80. The highest BCUT2D eigenvalue weighted by molar-refractivity contribution is 5.48. The Morgan fingerprint density at radius 3 is 2.95 bits per heavy atom. The van der Waals surface area contributed by atoms with Gasteiger partial charge in [0.05, 0.1) is 12.3 Å². The monoisotopic (exact) mass is 259 g/mol. The van der Waals surface area contributed by atoms with Crippen molar-refractivity contribution in [1.29, 1.82) is 0 Å². The first-order valence-electron chi connectivity index (χ1n) is 6.65. The molecule has 0 saturated heterocycles. The molecule has 0 saturated carbocycles. The number of nitrogens with one attached hydrogen (secondary N) is 1. The first-order valence-corrected chi connectivity index (χ1v) is 6.65. The zero-order valence-electron chi connectivity index (χ0n) is 11.8. The van der Waals surface area contributed by atoms with Crippen LogP contribution in [0.5, 0.6) is 5.75 Å². The summed E-state index contributed by atoms with van der Waals surface area (Å²) in [7, 11) is 1.92. The summed E-state index contributed by atoms with van der Waals surface area (Å²) < 4.78 is 7.61. The molecule has 1 heterocycles. The van der Waals surface area contributed by atoms with Crippen molar-refractivity contribution < 1.29 is 4.74 Å². The fraction of sp³-hybridized carbons (Fsp3) is 0.400. The van der Waals surface area contributed by atoms with Crippen molar-refractivity contribution in [2.24, 2.45) is 7.05 Å². The van der Waals surface area contributed by atoms with Gasteiger partial charge >= 0.3 is 0 Å². The van der Waals surface area contributed by atoms with Gasteiger partial charge < -0.3 is 10.1 Å². The van der Waals surface area contributed by atoms with Crippen molar-refractivity contribution in [3.05, 3.63) is 42.2 Å². The van der Waals surface area contributed by atoms with E-state index in [0.29, 0.717) is 0 Å². The Morgan fingerprint density at radius 2 is 2.26 bits per heavy atom. The highest BCUT2D eigenvalue weighted by Crippen LogP contribution is 2.19. The molecular formula is C15H21N3O. The molecule has 1 aromatic heterocycles. The van der Waals surface area contributed by atoms with Gasteiger partial charge in [0.1, 0.15) is 5.75 Å². The second-order valence-corrected chi connectivity index (χ2v) is 4.74. The number of aromatic nitrogens is 2. The van der Waals surface area contributed by atoms with Gasteiger partial charge in [-0.15, -0.1) is 0 Å². The van der Waals surface area contributed by atoms with Gasteiger partial charge in [-0.3, -0.25) is 4.68 Å². The molecule has 0 radical (unpaired) electrons. The summed E-state index contributed by atoms with van der Waals surface area (Å²) in [6, 6.07) is 8.06. The van der Waals surface area contributed by atoms with Crippen LogP contribution in [0.25, 0.3) is 0 Å². The fourth-order valence-corrected chi connectivity index (χ4v) is 1.76. The molecule has 19 heavy (non-hydrogen) atoms. The maximum Gasteiger partial charge on any atom is 0.121 e. The Bertz CT molecular complexity index is 522. The van der Waals surface area contributed by atoms with Gasteiger partial charge in [-0.1, -0.05) is 13.0 Å². The van der Waals surface area contributed by atoms with Crippen LogP contribution < -0.4 is 10.1 Å². The summed E-state index contributed by atoms with van der Waals surface area (Å²) in [5, 5.41) is 7.52. The van der Waals surface area contributed by atoms with E-state index in [9.17, 15) is 0 Å². The smallest absolute Gasteiger partial charge is 0.121 e. The molecule has 1 unspecified atom stereocenters. The Balaban J connectivity index is 1.95. The third-order valence-corrected chi connectivity index (χ3v) is 3.00. The van der Waals surface area contributed by atoms with E-state index in [1.54, 1.807) is 4.68 Å². The maximum atomic E-state index is 5.80. The number of aryl methyl sites for hydroxylation is 1. The van der Waals surface area contributed by atoms with Crippen LogP contribution in [-0.2, 0) is 13.6 Å². The number of rotatable bonds is 6. The van der Waals surface area contributed by atoms with E-state index in [0.717, 1.165) is 30.0 Å². The zero-order chi connectivity index (χ0) is 13.7. The van der Waals surface area contributed by atoms with Gasteiger partial charge in [0, 0.05) is 37.1 Å². The number of hydrogen-bond acceptors (Lipinski definition) is 3. The lowest BCUT2D eigenvalue weighted by atomic mass is 10.2. The third-order valence-electron chi connectivity index (χ3n) is 3.00. The Hall–Kier alpha value is -1.97. The molecule has 0 aliphatic carbocycles. The molecule has 0 spiro atoms. The first-order chi connectivity index (χ1) is 9.17. The van der Waals surface area contributed by atoms with Gasteiger partial charge in [-0.05, 0) is 25.5 Å². The molecule has 1 aromatic carbocycles. The lowest BCUT2D eigenvalue weighted by Crippen LogP contribution is -2.09. The van der Waals surface area contributed by atoms with Gasteiger partial charge in [-0.2, -0.15) is 5.10 Å². The predicted molar refractivity (Wildman–Crippen MR) is 77.4 cm³/mol. The highest BCUT2D eigenvalue weighted by atomic mass is 16.5. The average molecular weight is 259 g/mol. The molecule has 4 nitrogen and oxygen atoms in total. The third kappa shape index (κ3) is 4.02. The summed E-state index contributed by atoms with van der Waals surface area (Å²) in [5.74, 6) is 0.908. The summed E-state index contributed by atoms with van der Waals surface area (Å²) in [4.78, 5) is 0. The van der Waals surface area contributed by atoms with E-state index in [2.05, 4.69) is 24.3 Å². The predicted octanol–water partition coefficient (Wildman–Crippen LogP) is 3.21. The second-order valence-electron chi connectivity index (χ2n) is 4.74. The van der Waals surface area contributed by atoms with Crippen molar-refractivity contribution in [2.75, 3.05) is 5.32 Å². The van der Waals surface area contributed by atoms with Crippen molar-refractivity contribution in [3.63, 3.8) is 0 Å². The lowest BCUT2D eigenvalue weighted by molar-refractivity contribution is 0.217. The number of nitrogens with zero attached hydrogens (tertiary/aromatic N) is 2. The summed E-state index contributed by atoms with van der Waals surface area (Å²) in [6.07, 6.45) is 5.13. The fourth-order valence-electron chi connectivity index (χ4n) is 1.76. The minimum Gasteiger partial charge on any atom is -0.491 e. The van der Waals surface area contributed by atoms with Gasteiger partial charge in [0.2, 0.25) is 0 Å². The van der Waals surface area contributed by atoms with Crippen molar-refractivity contribution in [3.8, 4) is 5.75 Å². The van der Waals surface area contributed by atoms with Crippen LogP contribution in [0, 0.1) is 0 Å². The van der Waals surface area contributed by atoms with Crippen molar-refractivity contribution in [2.45, 2.75) is 32.9 Å². The normalized spacial score (nSPS) is 12.2. The molecule has 0 bridgehead atoms. The van der Waals surface area contributed by atoms with Crippen LogP contribution >= 0.6 is 0 Å². The Labute approximate surface area is 114 Å². The lowest BCUT2D eigenvalue weighted by Gasteiger charge is -2.13. The van der Waals surface area contributed by atoms with E-state index in [1.807, 2.05) is 43.7 Å². The van der Waals surface area contributed by atoms with Crippen LogP contribution in [0.4, 0.5) is 5.69 Å². The average Bonchev–Trinajstić information content (AvgIpc) is 2.82. The largest absolute Gasteiger partial charge is 0.491 e. The standard InChI is InChI=1S/C15H21N3O/c1-4-12(2)19-15-7-5-6-14(8-15)16-9-13-10-17-18(3)11-13/h5-8,10-12,16H,4,9H2,1-3H3. The first kappa shape index (κ1) is 13.5. The molecule has 102 valence electrons. The molecule has 0 aliphatic heterocycles. The zero-order valence-corrected chi connectivity index (χ0v) is 11.8. The summed E-state index contributed by atoms with van der Waals surface area (Å²) >= 11 is 0. The van der Waals surface area contributed by atoms with Crippen molar-refractivity contribution in [1.82, 2.24) is 9.78 Å². The Morgan fingerprint density at radius 1 is 1.42 bits per heavy atom. The molecule has 0 amide bonds. The number of anilines is 1. The van der Waals surface area contributed by atoms with Crippen LogP contribution in [-0.4, -0.2) is 15.9 Å². The topological polar surface area (TPSA) is 39.1 Å². The number of benzene rings is 1. The molecule has 0 aliphatic rings. The van der Waals surface area contributed by atoms with Crippen LogP contribution in [0.15, 0.2) is 36.7 Å². The summed E-state index contributed by atoms with van der Waals surface area (Å²) in [6.45, 7) is 4.96. The number of ether oxygens (including phenoxy) is 1. The molecule has 2 aromatic rings. The molecule has 4 heteroatoms.